The first-order valence-corrected chi connectivity index (χ1v) is 8.85. The fourth-order valence-electron chi connectivity index (χ4n) is 1.99. The highest BCUT2D eigenvalue weighted by molar-refractivity contribution is 7.89. The minimum absolute atomic E-state index is 0.0908. The van der Waals surface area contributed by atoms with E-state index < -0.39 is 10.0 Å². The Bertz CT molecular complexity index is 555. The Hall–Kier alpha value is -1.11. The number of nitrogens with one attached hydrogen (secondary N) is 2. The summed E-state index contributed by atoms with van der Waals surface area (Å²) in [6, 6.07) is 7.08. The first-order valence-electron chi connectivity index (χ1n) is 7.37. The van der Waals surface area contributed by atoms with Crippen LogP contribution in [-0.2, 0) is 10.0 Å². The molecule has 0 radical (unpaired) electrons. The molecule has 0 heterocycles. The molecular weight excluding hydrogens is 288 g/mol. The van der Waals surface area contributed by atoms with Crippen LogP contribution in [0, 0.1) is 5.92 Å². The Morgan fingerprint density at radius 2 is 1.90 bits per heavy atom. The van der Waals surface area contributed by atoms with Crippen molar-refractivity contribution in [2.75, 3.05) is 13.2 Å². The summed E-state index contributed by atoms with van der Waals surface area (Å²) >= 11 is 0. The number of benzene rings is 1. The van der Waals surface area contributed by atoms with E-state index in [1.807, 2.05) is 6.92 Å². The molecule has 1 aromatic carbocycles. The third-order valence-electron chi connectivity index (χ3n) is 3.47. The van der Waals surface area contributed by atoms with Crippen LogP contribution in [0.15, 0.2) is 29.2 Å². The summed E-state index contributed by atoms with van der Waals surface area (Å²) in [7, 11) is -3.40. The summed E-state index contributed by atoms with van der Waals surface area (Å²) in [5.41, 5.74) is 0. The fraction of sp³-hybridized carbons (Fsp3) is 0.600. The molecule has 0 aromatic heterocycles. The number of sulfonamides is 1. The lowest BCUT2D eigenvalue weighted by Crippen LogP contribution is -2.27. The molecule has 2 unspecified atom stereocenters. The molecule has 1 aliphatic rings. The Balaban J connectivity index is 1.86. The van der Waals surface area contributed by atoms with E-state index in [1.54, 1.807) is 24.3 Å². The second-order valence-corrected chi connectivity index (χ2v) is 7.58. The van der Waals surface area contributed by atoms with Crippen molar-refractivity contribution < 1.29 is 13.2 Å². The van der Waals surface area contributed by atoms with E-state index in [1.165, 1.54) is 0 Å². The van der Waals surface area contributed by atoms with Gasteiger partial charge in [0.15, 0.2) is 0 Å². The van der Waals surface area contributed by atoms with Crippen molar-refractivity contribution in [2.24, 2.45) is 5.92 Å². The highest BCUT2D eigenvalue weighted by Crippen LogP contribution is 2.30. The minimum atomic E-state index is -3.40. The lowest BCUT2D eigenvalue weighted by molar-refractivity contribution is 0.308. The molecular formula is C15H24N2O3S. The molecule has 1 aromatic rings. The van der Waals surface area contributed by atoms with E-state index >= 15 is 0 Å². The molecule has 2 N–H and O–H groups in total. The van der Waals surface area contributed by atoms with Crippen molar-refractivity contribution in [1.82, 2.24) is 10.0 Å². The summed E-state index contributed by atoms with van der Waals surface area (Å²) in [4.78, 5) is 0.286. The molecule has 0 spiro atoms. The summed E-state index contributed by atoms with van der Waals surface area (Å²) in [5.74, 6) is 1.12. The van der Waals surface area contributed by atoms with Crippen LogP contribution in [0.3, 0.4) is 0 Å². The van der Waals surface area contributed by atoms with Crippen LogP contribution in [0.1, 0.15) is 27.2 Å². The van der Waals surface area contributed by atoms with E-state index in [4.69, 9.17) is 4.74 Å². The second kappa shape index (κ2) is 6.77. The molecule has 1 fully saturated rings. The second-order valence-electron chi connectivity index (χ2n) is 5.87. The number of hydrogen-bond donors (Lipinski definition) is 2. The molecule has 6 heteroatoms. The van der Waals surface area contributed by atoms with E-state index in [0.29, 0.717) is 24.3 Å². The van der Waals surface area contributed by atoms with Gasteiger partial charge >= 0.3 is 0 Å². The largest absolute Gasteiger partial charge is 0.492 e. The average Bonchev–Trinajstić information content (AvgIpc) is 3.09. The van der Waals surface area contributed by atoms with Gasteiger partial charge in [0.2, 0.25) is 10.0 Å². The summed E-state index contributed by atoms with van der Waals surface area (Å²) in [6.45, 7) is 7.51. The normalized spacial score (nSPS) is 21.5. The van der Waals surface area contributed by atoms with Gasteiger partial charge in [-0.1, -0.05) is 20.8 Å². The van der Waals surface area contributed by atoms with Gasteiger partial charge in [-0.2, -0.15) is 0 Å². The molecule has 1 aliphatic carbocycles. The molecule has 2 rings (SSSR count). The van der Waals surface area contributed by atoms with Crippen molar-refractivity contribution >= 4 is 10.0 Å². The van der Waals surface area contributed by atoms with Gasteiger partial charge < -0.3 is 10.1 Å². The molecule has 118 valence electrons. The molecule has 2 atom stereocenters. The lowest BCUT2D eigenvalue weighted by Gasteiger charge is -2.10. The molecule has 0 saturated heterocycles. The minimum Gasteiger partial charge on any atom is -0.492 e. The number of ether oxygens (including phenoxy) is 1. The van der Waals surface area contributed by atoms with Crippen molar-refractivity contribution in [3.05, 3.63) is 24.3 Å². The highest BCUT2D eigenvalue weighted by atomic mass is 32.2. The predicted molar refractivity (Wildman–Crippen MR) is 83.0 cm³/mol. The van der Waals surface area contributed by atoms with Crippen LogP contribution >= 0.6 is 0 Å². The molecule has 0 bridgehead atoms. The maximum atomic E-state index is 12.1. The monoisotopic (exact) mass is 312 g/mol. The zero-order chi connectivity index (χ0) is 15.5. The van der Waals surface area contributed by atoms with Crippen LogP contribution in [0.25, 0.3) is 0 Å². The predicted octanol–water partition coefficient (Wildman–Crippen LogP) is 1.75. The summed E-state index contributed by atoms with van der Waals surface area (Å²) in [6.07, 6.45) is 0.920. The molecule has 0 aliphatic heterocycles. The first kappa shape index (κ1) is 16.3. The quantitative estimate of drug-likeness (QED) is 0.718. The maximum absolute atomic E-state index is 12.1. The number of hydrogen-bond acceptors (Lipinski definition) is 4. The van der Waals surface area contributed by atoms with Gasteiger partial charge in [0.1, 0.15) is 12.4 Å². The smallest absolute Gasteiger partial charge is 0.240 e. The topological polar surface area (TPSA) is 67.4 Å². The maximum Gasteiger partial charge on any atom is 0.240 e. The van der Waals surface area contributed by atoms with Crippen LogP contribution in [-0.4, -0.2) is 33.7 Å². The fourth-order valence-corrected chi connectivity index (χ4v) is 3.34. The van der Waals surface area contributed by atoms with Crippen molar-refractivity contribution in [3.8, 4) is 5.75 Å². The van der Waals surface area contributed by atoms with Gasteiger partial charge in [-0.15, -0.1) is 0 Å². The van der Waals surface area contributed by atoms with Gasteiger partial charge in [0.05, 0.1) is 4.90 Å². The zero-order valence-electron chi connectivity index (χ0n) is 12.8. The molecule has 5 nitrogen and oxygen atoms in total. The van der Waals surface area contributed by atoms with Crippen molar-refractivity contribution in [2.45, 2.75) is 44.2 Å². The van der Waals surface area contributed by atoms with Gasteiger partial charge in [-0.3, -0.25) is 0 Å². The van der Waals surface area contributed by atoms with Crippen molar-refractivity contribution in [1.29, 1.82) is 0 Å². The third kappa shape index (κ3) is 4.98. The van der Waals surface area contributed by atoms with E-state index in [0.717, 1.165) is 13.0 Å². The Kier molecular flexibility index (Phi) is 5.24. The van der Waals surface area contributed by atoms with Crippen molar-refractivity contribution in [3.63, 3.8) is 0 Å². The molecule has 21 heavy (non-hydrogen) atoms. The number of rotatable bonds is 8. The first-order chi connectivity index (χ1) is 9.88. The zero-order valence-corrected chi connectivity index (χ0v) is 13.6. The van der Waals surface area contributed by atoms with E-state index in [2.05, 4.69) is 23.9 Å². The van der Waals surface area contributed by atoms with E-state index in [-0.39, 0.29) is 10.9 Å². The van der Waals surface area contributed by atoms with E-state index in [9.17, 15) is 8.42 Å². The highest BCUT2D eigenvalue weighted by Gasteiger charge is 2.36. The molecule has 1 saturated carbocycles. The Labute approximate surface area is 127 Å². The average molecular weight is 312 g/mol. The van der Waals surface area contributed by atoms with Crippen LogP contribution in [0.5, 0.6) is 5.75 Å². The van der Waals surface area contributed by atoms with Gasteiger partial charge in [0, 0.05) is 18.6 Å². The van der Waals surface area contributed by atoms with Crippen LogP contribution in [0.4, 0.5) is 0 Å². The Morgan fingerprint density at radius 3 is 2.43 bits per heavy atom. The Morgan fingerprint density at radius 1 is 1.29 bits per heavy atom. The SMILES string of the molecule is CC(C)NCCOc1ccc(S(=O)(=O)NC2CC2C)cc1. The van der Waals surface area contributed by atoms with Gasteiger partial charge in [-0.05, 0) is 36.6 Å². The van der Waals surface area contributed by atoms with Crippen LogP contribution < -0.4 is 14.8 Å². The summed E-state index contributed by atoms with van der Waals surface area (Å²) in [5, 5.41) is 3.25. The van der Waals surface area contributed by atoms with Crippen LogP contribution in [0.2, 0.25) is 0 Å². The van der Waals surface area contributed by atoms with Gasteiger partial charge in [0.25, 0.3) is 0 Å². The third-order valence-corrected chi connectivity index (χ3v) is 4.98. The lowest BCUT2D eigenvalue weighted by atomic mass is 10.3. The summed E-state index contributed by atoms with van der Waals surface area (Å²) < 4.78 is 32.5. The van der Waals surface area contributed by atoms with Gasteiger partial charge in [-0.25, -0.2) is 13.1 Å². The molecule has 0 amide bonds. The standard InChI is InChI=1S/C15H24N2O3S/c1-11(2)16-8-9-20-13-4-6-14(7-5-13)21(18,19)17-15-10-12(15)3/h4-7,11-12,15-17H,8-10H2,1-3H3.